The van der Waals surface area contributed by atoms with E-state index in [9.17, 15) is 24.0 Å². The third-order valence-electron chi connectivity index (χ3n) is 7.04. The van der Waals surface area contributed by atoms with Crippen molar-refractivity contribution in [3.05, 3.63) is 29.8 Å². The molecular weight excluding hydrogens is 516 g/mol. The van der Waals surface area contributed by atoms with Crippen molar-refractivity contribution >= 4 is 36.0 Å². The lowest BCUT2D eigenvalue weighted by Crippen LogP contribution is -2.51. The number of rotatable bonds is 11. The minimum Gasteiger partial charge on any atom is -0.445 e. The van der Waals surface area contributed by atoms with Crippen molar-refractivity contribution in [2.45, 2.75) is 96.4 Å². The Morgan fingerprint density at radius 2 is 1.80 bits per heavy atom. The van der Waals surface area contributed by atoms with Crippen molar-refractivity contribution in [3.63, 3.8) is 0 Å². The van der Waals surface area contributed by atoms with Gasteiger partial charge < -0.3 is 30.2 Å². The Morgan fingerprint density at radius 3 is 2.45 bits per heavy atom. The predicted octanol–water partition coefficient (Wildman–Crippen LogP) is 3.81. The summed E-state index contributed by atoms with van der Waals surface area (Å²) in [7, 11) is 0. The first kappa shape index (κ1) is 30.9. The summed E-state index contributed by atoms with van der Waals surface area (Å²) in [5.74, 6) is -0.644. The van der Waals surface area contributed by atoms with Crippen LogP contribution in [0.25, 0.3) is 0 Å². The first-order chi connectivity index (χ1) is 19.0. The van der Waals surface area contributed by atoms with Crippen molar-refractivity contribution in [2.75, 3.05) is 11.9 Å². The molecule has 1 aromatic rings. The Labute approximate surface area is 235 Å². The Hall–Kier alpha value is -3.63. The topological polar surface area (TPSA) is 152 Å². The van der Waals surface area contributed by atoms with E-state index < -0.39 is 35.8 Å². The second-order valence-corrected chi connectivity index (χ2v) is 11.6. The maximum Gasteiger partial charge on any atom is 0.412 e. The molecule has 11 heteroatoms. The van der Waals surface area contributed by atoms with Gasteiger partial charge in [-0.15, -0.1) is 0 Å². The molecule has 0 unspecified atom stereocenters. The molecule has 11 nitrogen and oxygen atoms in total. The largest absolute Gasteiger partial charge is 0.445 e. The van der Waals surface area contributed by atoms with Gasteiger partial charge in [0.25, 0.3) is 0 Å². The first-order valence-electron chi connectivity index (χ1n) is 14.1. The van der Waals surface area contributed by atoms with Crippen LogP contribution in [-0.4, -0.2) is 54.5 Å². The summed E-state index contributed by atoms with van der Waals surface area (Å²) < 4.78 is 10.7. The standard InChI is InChI=1S/C29H42N4O7/c1-29(2,3)40-28(38)32-22-11-7-10-20(14-22)18-39-27(37)33-24(15-19-8-5-4-6-9-19)26(36)31-23(17-34)16-21-12-13-30-25(21)35/h7,10-11,14,17,19,21,23-24H,4-6,8-9,12-13,15-16,18H2,1-3H3,(H,30,35)(H,31,36)(H,32,38)(H,33,37)/t21-,23-,24-/m0/s1. The molecule has 40 heavy (non-hydrogen) atoms. The summed E-state index contributed by atoms with van der Waals surface area (Å²) in [6.45, 7) is 5.78. The molecule has 0 spiro atoms. The number of benzene rings is 1. The average Bonchev–Trinajstić information content (AvgIpc) is 3.30. The highest BCUT2D eigenvalue weighted by atomic mass is 16.6. The van der Waals surface area contributed by atoms with Gasteiger partial charge in [0.05, 0.1) is 6.04 Å². The van der Waals surface area contributed by atoms with E-state index in [1.807, 2.05) is 0 Å². The van der Waals surface area contributed by atoms with E-state index in [4.69, 9.17) is 9.47 Å². The maximum atomic E-state index is 13.2. The van der Waals surface area contributed by atoms with Crippen LogP contribution < -0.4 is 21.3 Å². The molecule has 0 bridgehead atoms. The van der Waals surface area contributed by atoms with Crippen molar-refractivity contribution < 1.29 is 33.4 Å². The lowest BCUT2D eigenvalue weighted by molar-refractivity contribution is -0.127. The molecule has 4 N–H and O–H groups in total. The van der Waals surface area contributed by atoms with Gasteiger partial charge in [-0.2, -0.15) is 0 Å². The highest BCUT2D eigenvalue weighted by molar-refractivity contribution is 5.88. The summed E-state index contributed by atoms with van der Waals surface area (Å²) >= 11 is 0. The molecule has 3 atom stereocenters. The van der Waals surface area contributed by atoms with E-state index >= 15 is 0 Å². The van der Waals surface area contributed by atoms with E-state index in [1.165, 1.54) is 0 Å². The second kappa shape index (κ2) is 14.7. The minimum atomic E-state index is -0.879. The van der Waals surface area contributed by atoms with Crippen molar-refractivity contribution in [3.8, 4) is 0 Å². The Balaban J connectivity index is 1.57. The molecule has 1 saturated heterocycles. The summed E-state index contributed by atoms with van der Waals surface area (Å²) in [6.07, 6.45) is 5.79. The van der Waals surface area contributed by atoms with E-state index in [0.717, 1.165) is 32.1 Å². The second-order valence-electron chi connectivity index (χ2n) is 11.6. The molecule has 1 aliphatic heterocycles. The van der Waals surface area contributed by atoms with Crippen LogP contribution in [0.1, 0.15) is 77.7 Å². The first-order valence-corrected chi connectivity index (χ1v) is 14.1. The van der Waals surface area contributed by atoms with Crippen molar-refractivity contribution in [2.24, 2.45) is 11.8 Å². The van der Waals surface area contributed by atoms with Crippen molar-refractivity contribution in [1.82, 2.24) is 16.0 Å². The summed E-state index contributed by atoms with van der Waals surface area (Å²) in [5.41, 5.74) is 0.481. The van der Waals surface area contributed by atoms with Crippen LogP contribution in [0.2, 0.25) is 0 Å². The lowest BCUT2D eigenvalue weighted by atomic mass is 9.84. The number of carbonyl (C=O) groups is 5. The number of alkyl carbamates (subject to hydrolysis) is 1. The van der Waals surface area contributed by atoms with Gasteiger partial charge in [-0.3, -0.25) is 14.9 Å². The van der Waals surface area contributed by atoms with E-state index in [1.54, 1.807) is 45.0 Å². The Bertz CT molecular complexity index is 1050. The number of nitrogens with one attached hydrogen (secondary N) is 4. The molecule has 4 amide bonds. The highest BCUT2D eigenvalue weighted by Gasteiger charge is 2.31. The Kier molecular flexibility index (Phi) is 11.3. The van der Waals surface area contributed by atoms with Crippen LogP contribution >= 0.6 is 0 Å². The van der Waals surface area contributed by atoms with Crippen LogP contribution in [0, 0.1) is 11.8 Å². The highest BCUT2D eigenvalue weighted by Crippen LogP contribution is 2.27. The summed E-state index contributed by atoms with van der Waals surface area (Å²) in [5, 5.41) is 10.8. The quantitative estimate of drug-likeness (QED) is 0.301. The molecule has 1 saturated carbocycles. The molecule has 1 heterocycles. The van der Waals surface area contributed by atoms with Crippen LogP contribution in [0.4, 0.5) is 15.3 Å². The van der Waals surface area contributed by atoms with E-state index in [-0.39, 0.29) is 30.8 Å². The third kappa shape index (κ3) is 10.5. The molecule has 0 radical (unpaired) electrons. The third-order valence-corrected chi connectivity index (χ3v) is 7.04. The summed E-state index contributed by atoms with van der Waals surface area (Å²) in [4.78, 5) is 61.6. The van der Waals surface area contributed by atoms with Crippen LogP contribution in [-0.2, 0) is 30.5 Å². The monoisotopic (exact) mass is 558 g/mol. The predicted molar refractivity (Wildman–Crippen MR) is 148 cm³/mol. The van der Waals surface area contributed by atoms with Gasteiger partial charge >= 0.3 is 12.2 Å². The average molecular weight is 559 g/mol. The molecule has 1 aliphatic carbocycles. The zero-order chi connectivity index (χ0) is 29.1. The normalized spacial score (nSPS) is 19.1. The Morgan fingerprint density at radius 1 is 1.05 bits per heavy atom. The summed E-state index contributed by atoms with van der Waals surface area (Å²) in [6, 6.07) is 5.11. The van der Waals surface area contributed by atoms with E-state index in [2.05, 4.69) is 21.3 Å². The molecular formula is C29H42N4O7. The number of carbonyl (C=O) groups excluding carboxylic acids is 5. The van der Waals surface area contributed by atoms with Gasteiger partial charge in [0.1, 0.15) is 24.5 Å². The molecule has 220 valence electrons. The van der Waals surface area contributed by atoms with Gasteiger partial charge in [-0.1, -0.05) is 44.2 Å². The zero-order valence-electron chi connectivity index (χ0n) is 23.6. The van der Waals surface area contributed by atoms with Gasteiger partial charge in [0.15, 0.2) is 0 Å². The fourth-order valence-electron chi connectivity index (χ4n) is 5.09. The van der Waals surface area contributed by atoms with Gasteiger partial charge in [0, 0.05) is 18.2 Å². The van der Waals surface area contributed by atoms with Crippen molar-refractivity contribution in [1.29, 1.82) is 0 Å². The number of anilines is 1. The number of ether oxygens (including phenoxy) is 2. The van der Waals surface area contributed by atoms with Gasteiger partial charge in [0.2, 0.25) is 11.8 Å². The molecule has 3 rings (SSSR count). The van der Waals surface area contributed by atoms with Crippen LogP contribution in [0.5, 0.6) is 0 Å². The number of hydrogen-bond donors (Lipinski definition) is 4. The zero-order valence-corrected chi connectivity index (χ0v) is 23.6. The minimum absolute atomic E-state index is 0.0821. The van der Waals surface area contributed by atoms with Crippen LogP contribution in [0.15, 0.2) is 24.3 Å². The molecule has 1 aromatic carbocycles. The fraction of sp³-hybridized carbons (Fsp3) is 0.621. The maximum absolute atomic E-state index is 13.2. The molecule has 2 fully saturated rings. The number of amides is 4. The fourth-order valence-corrected chi connectivity index (χ4v) is 5.09. The molecule has 0 aromatic heterocycles. The van der Waals surface area contributed by atoms with Gasteiger partial charge in [-0.25, -0.2) is 9.59 Å². The van der Waals surface area contributed by atoms with Crippen LogP contribution in [0.3, 0.4) is 0 Å². The van der Waals surface area contributed by atoms with E-state index in [0.29, 0.717) is 36.9 Å². The number of aldehydes is 1. The lowest BCUT2D eigenvalue weighted by Gasteiger charge is -2.27. The van der Waals surface area contributed by atoms with Gasteiger partial charge in [-0.05, 0) is 63.6 Å². The SMILES string of the molecule is CC(C)(C)OC(=O)Nc1cccc(COC(=O)N[C@@H](CC2CCCCC2)C(=O)N[C@H](C=O)C[C@@H]2CCNC2=O)c1. The molecule has 2 aliphatic rings. The number of hydrogen-bond acceptors (Lipinski definition) is 7. The smallest absolute Gasteiger partial charge is 0.412 e.